The van der Waals surface area contributed by atoms with Gasteiger partial charge in [-0.15, -0.1) is 0 Å². The first-order valence-corrected chi connectivity index (χ1v) is 7.49. The number of nitrogens with zero attached hydrogens (tertiary/aromatic N) is 3. The van der Waals surface area contributed by atoms with Crippen LogP contribution in [0.1, 0.15) is 25.5 Å². The third-order valence-electron chi connectivity index (χ3n) is 3.54. The molecule has 0 aliphatic carbocycles. The van der Waals surface area contributed by atoms with E-state index in [0.29, 0.717) is 22.8 Å². The van der Waals surface area contributed by atoms with Crippen molar-refractivity contribution in [3.8, 4) is 0 Å². The summed E-state index contributed by atoms with van der Waals surface area (Å²) >= 11 is 0. The van der Waals surface area contributed by atoms with Crippen molar-refractivity contribution < 1.29 is 14.5 Å². The largest absolute Gasteiger partial charge is 0.463 e. The fourth-order valence-corrected chi connectivity index (χ4v) is 2.41. The Morgan fingerprint density at radius 1 is 1.46 bits per heavy atom. The van der Waals surface area contributed by atoms with Gasteiger partial charge in [-0.05, 0) is 19.4 Å². The number of nitrogens with one attached hydrogen (secondary N) is 1. The fraction of sp³-hybridized carbons (Fsp3) is 0.375. The Bertz CT molecular complexity index is 725. The summed E-state index contributed by atoms with van der Waals surface area (Å²) in [5.74, 6) is 0.0811. The van der Waals surface area contributed by atoms with Gasteiger partial charge >= 0.3 is 5.97 Å². The Balaban J connectivity index is 2.54. The topological polar surface area (TPSA) is 97.1 Å². The molecule has 1 heterocycles. The minimum atomic E-state index is -0.664. The van der Waals surface area contributed by atoms with Crippen molar-refractivity contribution in [2.45, 2.75) is 19.9 Å². The number of hydrogen-bond donors (Lipinski definition) is 1. The number of ether oxygens (including phenoxy) is 1. The van der Waals surface area contributed by atoms with Gasteiger partial charge in [0.1, 0.15) is 6.04 Å². The molecule has 1 unspecified atom stereocenters. The van der Waals surface area contributed by atoms with Crippen molar-refractivity contribution in [1.82, 2.24) is 10.2 Å². The molecule has 0 spiro atoms. The summed E-state index contributed by atoms with van der Waals surface area (Å²) in [5.41, 5.74) is 1.48. The lowest BCUT2D eigenvalue weighted by molar-refractivity contribution is -0.384. The lowest BCUT2D eigenvalue weighted by Crippen LogP contribution is -2.40. The van der Waals surface area contributed by atoms with Crippen LogP contribution < -0.4 is 5.32 Å². The average molecular weight is 332 g/mol. The molecule has 0 amide bonds. The number of nitro groups is 1. The molecule has 0 saturated carbocycles. The molecule has 24 heavy (non-hydrogen) atoms. The maximum Gasteiger partial charge on any atom is 0.338 e. The van der Waals surface area contributed by atoms with E-state index in [2.05, 4.69) is 10.3 Å². The van der Waals surface area contributed by atoms with Crippen LogP contribution in [0.3, 0.4) is 0 Å². The lowest BCUT2D eigenvalue weighted by Gasteiger charge is -2.28. The molecule has 1 aromatic rings. The van der Waals surface area contributed by atoms with E-state index in [9.17, 15) is 14.9 Å². The third-order valence-corrected chi connectivity index (χ3v) is 3.54. The molecule has 1 aromatic carbocycles. The molecule has 0 aromatic heterocycles. The van der Waals surface area contributed by atoms with Crippen LogP contribution >= 0.6 is 0 Å². The van der Waals surface area contributed by atoms with Crippen molar-refractivity contribution in [2.24, 2.45) is 4.99 Å². The first kappa shape index (κ1) is 17.5. The van der Waals surface area contributed by atoms with Crippen molar-refractivity contribution >= 4 is 17.6 Å². The van der Waals surface area contributed by atoms with E-state index >= 15 is 0 Å². The summed E-state index contributed by atoms with van der Waals surface area (Å²) in [7, 11) is 3.64. The quantitative estimate of drug-likeness (QED) is 0.514. The van der Waals surface area contributed by atoms with Gasteiger partial charge < -0.3 is 15.0 Å². The second kappa shape index (κ2) is 7.12. The molecule has 0 saturated heterocycles. The number of esters is 1. The van der Waals surface area contributed by atoms with E-state index in [1.807, 2.05) is 14.1 Å². The van der Waals surface area contributed by atoms with Crippen molar-refractivity contribution in [3.63, 3.8) is 0 Å². The highest BCUT2D eigenvalue weighted by molar-refractivity contribution is 5.95. The van der Waals surface area contributed by atoms with Crippen LogP contribution in [-0.2, 0) is 9.53 Å². The zero-order valence-corrected chi connectivity index (χ0v) is 14.1. The summed E-state index contributed by atoms with van der Waals surface area (Å²) < 4.78 is 5.12. The first-order chi connectivity index (χ1) is 11.3. The zero-order chi connectivity index (χ0) is 17.9. The zero-order valence-electron chi connectivity index (χ0n) is 14.1. The number of hydrogen-bond acceptors (Lipinski definition) is 7. The van der Waals surface area contributed by atoms with Gasteiger partial charge in [0.15, 0.2) is 5.96 Å². The minimum absolute atomic E-state index is 0.0477. The van der Waals surface area contributed by atoms with E-state index in [-0.39, 0.29) is 12.3 Å². The smallest absolute Gasteiger partial charge is 0.338 e. The molecule has 0 radical (unpaired) electrons. The van der Waals surface area contributed by atoms with Gasteiger partial charge in [-0.2, -0.15) is 0 Å². The number of carbonyl (C=O) groups excluding carboxylic acids is 1. The molecule has 1 aliphatic heterocycles. The number of non-ortho nitro benzene ring substituents is 1. The maximum absolute atomic E-state index is 12.4. The summed E-state index contributed by atoms with van der Waals surface area (Å²) in [6, 6.07) is 5.47. The molecule has 1 N–H and O–H groups in total. The molecule has 1 aliphatic rings. The molecule has 128 valence electrons. The molecule has 8 nitrogen and oxygen atoms in total. The van der Waals surface area contributed by atoms with Gasteiger partial charge in [0.2, 0.25) is 0 Å². The van der Waals surface area contributed by atoms with E-state index < -0.39 is 16.9 Å². The monoisotopic (exact) mass is 332 g/mol. The van der Waals surface area contributed by atoms with Gasteiger partial charge in [0, 0.05) is 31.9 Å². The lowest BCUT2D eigenvalue weighted by atomic mass is 9.96. The second-order valence-corrected chi connectivity index (χ2v) is 5.49. The molecular weight excluding hydrogens is 312 g/mol. The SMILES string of the molecule is CCOC(=O)C1=C(C)NC(N(C)C)=NC1c1cccc([N+](=O)[O-])c1. The van der Waals surface area contributed by atoms with Gasteiger partial charge in [-0.25, -0.2) is 9.79 Å². The Morgan fingerprint density at radius 3 is 2.75 bits per heavy atom. The Labute approximate surface area is 140 Å². The number of aliphatic imine (C=N–C) groups is 1. The van der Waals surface area contributed by atoms with Crippen LogP contribution in [0.2, 0.25) is 0 Å². The minimum Gasteiger partial charge on any atom is -0.463 e. The molecule has 0 fully saturated rings. The summed E-state index contributed by atoms with van der Waals surface area (Å²) in [6.45, 7) is 3.72. The third kappa shape index (κ3) is 3.53. The molecule has 2 rings (SSSR count). The van der Waals surface area contributed by atoms with E-state index in [1.165, 1.54) is 12.1 Å². The predicted molar refractivity (Wildman–Crippen MR) is 89.4 cm³/mol. The van der Waals surface area contributed by atoms with Crippen molar-refractivity contribution in [1.29, 1.82) is 0 Å². The van der Waals surface area contributed by atoms with Gasteiger partial charge in [0.25, 0.3) is 5.69 Å². The van der Waals surface area contributed by atoms with Crippen LogP contribution in [0.4, 0.5) is 5.69 Å². The normalized spacial score (nSPS) is 17.0. The van der Waals surface area contributed by atoms with Crippen LogP contribution in [0.5, 0.6) is 0 Å². The molecule has 1 atom stereocenters. The highest BCUT2D eigenvalue weighted by atomic mass is 16.6. The van der Waals surface area contributed by atoms with Crippen LogP contribution in [-0.4, -0.2) is 42.5 Å². The number of nitro benzene ring substituents is 1. The Hall–Kier alpha value is -2.90. The summed E-state index contributed by atoms with van der Waals surface area (Å²) in [4.78, 5) is 29.2. The molecule has 0 bridgehead atoms. The molecular formula is C16H20N4O4. The number of rotatable bonds is 4. The first-order valence-electron chi connectivity index (χ1n) is 7.49. The van der Waals surface area contributed by atoms with Gasteiger partial charge in [-0.3, -0.25) is 10.1 Å². The highest BCUT2D eigenvalue weighted by Crippen LogP contribution is 2.33. The Morgan fingerprint density at radius 2 is 2.17 bits per heavy atom. The van der Waals surface area contributed by atoms with Crippen LogP contribution in [0, 0.1) is 10.1 Å². The fourth-order valence-electron chi connectivity index (χ4n) is 2.41. The maximum atomic E-state index is 12.4. The standard InChI is InChI=1S/C16H20N4O4/c1-5-24-15(21)13-10(2)17-16(19(3)4)18-14(13)11-7-6-8-12(9-11)20(22)23/h6-9,14H,5H2,1-4H3,(H,17,18). The Kier molecular flexibility index (Phi) is 5.18. The number of guanidine groups is 1. The van der Waals surface area contributed by atoms with E-state index in [1.54, 1.807) is 30.9 Å². The van der Waals surface area contributed by atoms with Gasteiger partial charge in [-0.1, -0.05) is 12.1 Å². The molecule has 8 heteroatoms. The number of benzene rings is 1. The van der Waals surface area contributed by atoms with Gasteiger partial charge in [0.05, 0.1) is 17.1 Å². The van der Waals surface area contributed by atoms with Crippen molar-refractivity contribution in [2.75, 3.05) is 20.7 Å². The van der Waals surface area contributed by atoms with Crippen LogP contribution in [0.15, 0.2) is 40.5 Å². The van der Waals surface area contributed by atoms with E-state index in [4.69, 9.17) is 4.74 Å². The predicted octanol–water partition coefficient (Wildman–Crippen LogP) is 1.99. The summed E-state index contributed by atoms with van der Waals surface area (Å²) in [6.07, 6.45) is 0. The second-order valence-electron chi connectivity index (χ2n) is 5.49. The average Bonchev–Trinajstić information content (AvgIpc) is 2.54. The summed E-state index contributed by atoms with van der Waals surface area (Å²) in [5, 5.41) is 14.1. The number of allylic oxidation sites excluding steroid dienone is 1. The van der Waals surface area contributed by atoms with Crippen LogP contribution in [0.25, 0.3) is 0 Å². The van der Waals surface area contributed by atoms with Crippen molar-refractivity contribution in [3.05, 3.63) is 51.2 Å². The highest BCUT2D eigenvalue weighted by Gasteiger charge is 2.31. The van der Waals surface area contributed by atoms with E-state index in [0.717, 1.165) is 0 Å². The number of carbonyl (C=O) groups is 1.